The van der Waals surface area contributed by atoms with Crippen molar-refractivity contribution in [2.24, 2.45) is 0 Å². The number of likely N-dealkylation sites (tertiary alicyclic amines) is 1. The molecular formula is C9H13NO2. The number of amides is 1. The van der Waals surface area contributed by atoms with Crippen LogP contribution >= 0.6 is 0 Å². The first-order chi connectivity index (χ1) is 5.59. The second kappa shape index (κ2) is 3.52. The molecule has 0 aromatic heterocycles. The zero-order chi connectivity index (χ0) is 9.14. The van der Waals surface area contributed by atoms with E-state index in [4.69, 9.17) is 0 Å². The lowest BCUT2D eigenvalue weighted by Crippen LogP contribution is -2.39. The fourth-order valence-corrected chi connectivity index (χ4v) is 1.25. The number of hydrogen-bond acceptors (Lipinski definition) is 2. The van der Waals surface area contributed by atoms with Crippen molar-refractivity contribution in [1.82, 2.24) is 4.90 Å². The van der Waals surface area contributed by atoms with Gasteiger partial charge in [0.25, 0.3) is 0 Å². The Hall–Kier alpha value is -1.12. The first kappa shape index (κ1) is 8.97. The van der Waals surface area contributed by atoms with Crippen LogP contribution in [0.3, 0.4) is 0 Å². The topological polar surface area (TPSA) is 37.4 Å². The summed E-state index contributed by atoms with van der Waals surface area (Å²) in [5.74, 6) is -0.00721. The molecule has 1 aliphatic heterocycles. The van der Waals surface area contributed by atoms with Crippen LogP contribution in [0.15, 0.2) is 12.2 Å². The summed E-state index contributed by atoms with van der Waals surface area (Å²) in [6, 6.07) is 0. The third kappa shape index (κ3) is 2.19. The Morgan fingerprint density at radius 3 is 2.75 bits per heavy atom. The second-order valence-corrected chi connectivity index (χ2v) is 3.24. The number of Topliss-reactive ketones (excluding diaryl/α,β-unsaturated/α-hetero) is 1. The first-order valence-corrected chi connectivity index (χ1v) is 4.03. The molecule has 0 aromatic rings. The molecule has 3 nitrogen and oxygen atoms in total. The maximum Gasteiger partial charge on any atom is 0.230 e. The molecule has 0 N–H and O–H groups in total. The van der Waals surface area contributed by atoms with E-state index in [0.717, 1.165) is 5.57 Å². The van der Waals surface area contributed by atoms with Gasteiger partial charge in [0.05, 0.1) is 6.42 Å². The highest BCUT2D eigenvalue weighted by molar-refractivity contribution is 6.00. The van der Waals surface area contributed by atoms with Crippen molar-refractivity contribution in [2.75, 3.05) is 13.1 Å². The van der Waals surface area contributed by atoms with Gasteiger partial charge in [-0.05, 0) is 6.92 Å². The van der Waals surface area contributed by atoms with Crippen LogP contribution in [0.2, 0.25) is 0 Å². The van der Waals surface area contributed by atoms with Crippen LogP contribution in [-0.4, -0.2) is 29.7 Å². The van der Waals surface area contributed by atoms with Crippen molar-refractivity contribution < 1.29 is 9.59 Å². The molecule has 12 heavy (non-hydrogen) atoms. The molecule has 0 aromatic carbocycles. The first-order valence-electron chi connectivity index (χ1n) is 4.03. The van der Waals surface area contributed by atoms with Gasteiger partial charge in [-0.3, -0.25) is 9.59 Å². The standard InChI is InChI=1S/C9H13NO2/c1-7(2)6-10-4-3-8(11)5-9(10)12/h1,3-6H2,2H3. The molecule has 1 fully saturated rings. The smallest absolute Gasteiger partial charge is 0.230 e. The maximum absolute atomic E-state index is 11.2. The number of ketones is 1. The summed E-state index contributed by atoms with van der Waals surface area (Å²) in [6.45, 7) is 6.75. The predicted octanol–water partition coefficient (Wildman–Crippen LogP) is 0.754. The number of carbonyl (C=O) groups is 2. The number of piperidine rings is 1. The molecule has 1 amide bonds. The highest BCUT2D eigenvalue weighted by atomic mass is 16.2. The zero-order valence-electron chi connectivity index (χ0n) is 7.30. The van der Waals surface area contributed by atoms with Crippen LogP contribution in [0.5, 0.6) is 0 Å². The van der Waals surface area contributed by atoms with Gasteiger partial charge in [0.1, 0.15) is 5.78 Å². The Morgan fingerprint density at radius 1 is 1.58 bits per heavy atom. The maximum atomic E-state index is 11.2. The minimum atomic E-state index is -0.0609. The molecule has 1 rings (SSSR count). The van der Waals surface area contributed by atoms with E-state index in [1.807, 2.05) is 6.92 Å². The van der Waals surface area contributed by atoms with Crippen LogP contribution in [0.1, 0.15) is 19.8 Å². The van der Waals surface area contributed by atoms with Crippen LogP contribution in [0.4, 0.5) is 0 Å². The molecule has 0 saturated carbocycles. The fraction of sp³-hybridized carbons (Fsp3) is 0.556. The molecule has 0 spiro atoms. The van der Waals surface area contributed by atoms with Crippen LogP contribution in [0.25, 0.3) is 0 Å². The van der Waals surface area contributed by atoms with Gasteiger partial charge in [-0.15, -0.1) is 0 Å². The van der Waals surface area contributed by atoms with Gasteiger partial charge in [-0.1, -0.05) is 12.2 Å². The predicted molar refractivity (Wildman–Crippen MR) is 45.6 cm³/mol. The van der Waals surface area contributed by atoms with E-state index >= 15 is 0 Å². The number of rotatable bonds is 2. The van der Waals surface area contributed by atoms with Crippen molar-refractivity contribution >= 4 is 11.7 Å². The largest absolute Gasteiger partial charge is 0.338 e. The minimum absolute atomic E-state index is 0.0537. The van der Waals surface area contributed by atoms with Gasteiger partial charge < -0.3 is 4.90 Å². The van der Waals surface area contributed by atoms with Crippen molar-refractivity contribution in [3.05, 3.63) is 12.2 Å². The Labute approximate surface area is 72.0 Å². The lowest BCUT2D eigenvalue weighted by Gasteiger charge is -2.25. The normalized spacial score (nSPS) is 18.2. The molecule has 3 heteroatoms. The van der Waals surface area contributed by atoms with Crippen LogP contribution in [-0.2, 0) is 9.59 Å². The van der Waals surface area contributed by atoms with Crippen molar-refractivity contribution in [3.8, 4) is 0 Å². The van der Waals surface area contributed by atoms with E-state index in [9.17, 15) is 9.59 Å². The molecule has 66 valence electrons. The van der Waals surface area contributed by atoms with Crippen LogP contribution in [0, 0.1) is 0 Å². The van der Waals surface area contributed by atoms with Gasteiger partial charge in [0.2, 0.25) is 5.91 Å². The quantitative estimate of drug-likeness (QED) is 0.449. The lowest BCUT2D eigenvalue weighted by atomic mass is 10.1. The Kier molecular flexibility index (Phi) is 2.63. The molecule has 0 unspecified atom stereocenters. The lowest BCUT2D eigenvalue weighted by molar-refractivity contribution is -0.138. The second-order valence-electron chi connectivity index (χ2n) is 3.24. The highest BCUT2D eigenvalue weighted by Gasteiger charge is 2.22. The SMILES string of the molecule is C=C(C)CN1CCC(=O)CC1=O. The van der Waals surface area contributed by atoms with Crippen molar-refractivity contribution in [1.29, 1.82) is 0 Å². The summed E-state index contributed by atoms with van der Waals surface area (Å²) in [5.41, 5.74) is 0.956. The molecule has 1 heterocycles. The molecule has 0 aliphatic carbocycles. The molecule has 0 atom stereocenters. The zero-order valence-corrected chi connectivity index (χ0v) is 7.30. The summed E-state index contributed by atoms with van der Waals surface area (Å²) < 4.78 is 0. The summed E-state index contributed by atoms with van der Waals surface area (Å²) in [4.78, 5) is 23.7. The third-order valence-corrected chi connectivity index (χ3v) is 1.82. The molecule has 0 radical (unpaired) electrons. The van der Waals surface area contributed by atoms with E-state index in [-0.39, 0.29) is 18.1 Å². The van der Waals surface area contributed by atoms with E-state index < -0.39 is 0 Å². The average Bonchev–Trinajstić information content (AvgIpc) is 1.94. The minimum Gasteiger partial charge on any atom is -0.338 e. The van der Waals surface area contributed by atoms with Gasteiger partial charge in [0.15, 0.2) is 0 Å². The third-order valence-electron chi connectivity index (χ3n) is 1.82. The van der Waals surface area contributed by atoms with E-state index in [2.05, 4.69) is 6.58 Å². The van der Waals surface area contributed by atoms with Crippen molar-refractivity contribution in [3.63, 3.8) is 0 Å². The van der Waals surface area contributed by atoms with Crippen LogP contribution < -0.4 is 0 Å². The van der Waals surface area contributed by atoms with E-state index in [0.29, 0.717) is 19.5 Å². The molecule has 1 saturated heterocycles. The van der Waals surface area contributed by atoms with Gasteiger partial charge in [-0.25, -0.2) is 0 Å². The number of hydrogen-bond donors (Lipinski definition) is 0. The molecule has 1 aliphatic rings. The Bertz CT molecular complexity index is 233. The van der Waals surface area contributed by atoms with Gasteiger partial charge in [-0.2, -0.15) is 0 Å². The van der Waals surface area contributed by atoms with Crippen molar-refractivity contribution in [2.45, 2.75) is 19.8 Å². The fourth-order valence-electron chi connectivity index (χ4n) is 1.25. The average molecular weight is 167 g/mol. The number of nitrogens with zero attached hydrogens (tertiary/aromatic N) is 1. The Morgan fingerprint density at radius 2 is 2.25 bits per heavy atom. The molecule has 0 bridgehead atoms. The summed E-state index contributed by atoms with van der Waals surface area (Å²) in [5, 5.41) is 0. The molecular weight excluding hydrogens is 154 g/mol. The number of carbonyl (C=O) groups excluding carboxylic acids is 2. The summed E-state index contributed by atoms with van der Waals surface area (Å²) in [7, 11) is 0. The highest BCUT2D eigenvalue weighted by Crippen LogP contribution is 2.08. The van der Waals surface area contributed by atoms with E-state index in [1.54, 1.807) is 4.90 Å². The monoisotopic (exact) mass is 167 g/mol. The van der Waals surface area contributed by atoms with E-state index in [1.165, 1.54) is 0 Å². The Balaban J connectivity index is 2.51. The van der Waals surface area contributed by atoms with Gasteiger partial charge >= 0.3 is 0 Å². The van der Waals surface area contributed by atoms with Gasteiger partial charge in [0, 0.05) is 19.5 Å². The summed E-state index contributed by atoms with van der Waals surface area (Å²) >= 11 is 0. The summed E-state index contributed by atoms with van der Waals surface area (Å²) in [6.07, 6.45) is 0.576.